The van der Waals surface area contributed by atoms with E-state index in [4.69, 9.17) is 9.15 Å². The highest BCUT2D eigenvalue weighted by molar-refractivity contribution is 7.89. The first-order chi connectivity index (χ1) is 9.99. The van der Waals surface area contributed by atoms with Crippen LogP contribution in [0.3, 0.4) is 0 Å². The zero-order chi connectivity index (χ0) is 15.7. The lowest BCUT2D eigenvalue weighted by Gasteiger charge is -2.09. The lowest BCUT2D eigenvalue weighted by molar-refractivity contribution is 0.0603. The third-order valence-electron chi connectivity index (χ3n) is 2.76. The van der Waals surface area contributed by atoms with Gasteiger partial charge in [-0.1, -0.05) is 6.92 Å². The predicted molar refractivity (Wildman–Crippen MR) is 78.4 cm³/mol. The van der Waals surface area contributed by atoms with E-state index in [0.717, 1.165) is 13.0 Å². The quantitative estimate of drug-likeness (QED) is 0.512. The van der Waals surface area contributed by atoms with Crippen LogP contribution in [0.5, 0.6) is 0 Å². The molecule has 122 valence electrons. The van der Waals surface area contributed by atoms with Gasteiger partial charge in [-0.05, 0) is 31.5 Å². The fourth-order valence-corrected chi connectivity index (χ4v) is 2.69. The summed E-state index contributed by atoms with van der Waals surface area (Å²) in [6.45, 7) is 3.69. The SMILES string of the molecule is CCCNCc1ccc(S(=O)(=O)NCCC(O)COC)o1. The number of hydrogen-bond donors (Lipinski definition) is 3. The third kappa shape index (κ3) is 6.58. The first-order valence-electron chi connectivity index (χ1n) is 6.95. The molecule has 0 aliphatic heterocycles. The van der Waals surface area contributed by atoms with Crippen molar-refractivity contribution in [2.24, 2.45) is 0 Å². The van der Waals surface area contributed by atoms with Crippen LogP contribution in [-0.2, 0) is 21.3 Å². The summed E-state index contributed by atoms with van der Waals surface area (Å²) < 4.78 is 36.4. The average molecular weight is 320 g/mol. The molecule has 1 aromatic rings. The number of methoxy groups -OCH3 is 1. The highest BCUT2D eigenvalue weighted by Crippen LogP contribution is 2.13. The normalized spacial score (nSPS) is 13.5. The first-order valence-corrected chi connectivity index (χ1v) is 8.44. The maximum Gasteiger partial charge on any atom is 0.273 e. The third-order valence-corrected chi connectivity index (χ3v) is 4.09. The number of hydrogen-bond acceptors (Lipinski definition) is 6. The molecule has 0 aliphatic carbocycles. The highest BCUT2D eigenvalue weighted by atomic mass is 32.2. The van der Waals surface area contributed by atoms with Crippen molar-refractivity contribution in [3.8, 4) is 0 Å². The van der Waals surface area contributed by atoms with Crippen molar-refractivity contribution in [2.45, 2.75) is 37.5 Å². The van der Waals surface area contributed by atoms with Gasteiger partial charge in [0.2, 0.25) is 5.09 Å². The van der Waals surface area contributed by atoms with E-state index in [1.54, 1.807) is 6.07 Å². The number of sulfonamides is 1. The summed E-state index contributed by atoms with van der Waals surface area (Å²) in [5.41, 5.74) is 0. The zero-order valence-electron chi connectivity index (χ0n) is 12.5. The molecule has 0 fully saturated rings. The molecule has 0 radical (unpaired) electrons. The van der Waals surface area contributed by atoms with Gasteiger partial charge in [-0.3, -0.25) is 0 Å². The summed E-state index contributed by atoms with van der Waals surface area (Å²) in [4.78, 5) is 0. The second-order valence-electron chi connectivity index (χ2n) is 4.69. The molecule has 1 aromatic heterocycles. The van der Waals surface area contributed by atoms with Gasteiger partial charge in [0.25, 0.3) is 10.0 Å². The monoisotopic (exact) mass is 320 g/mol. The standard InChI is InChI=1S/C13H24N2O5S/c1-3-7-14-9-12-4-5-13(20-12)21(17,18)15-8-6-11(16)10-19-2/h4-5,11,14-16H,3,6-10H2,1-2H3. The largest absolute Gasteiger partial charge is 0.447 e. The van der Waals surface area contributed by atoms with Gasteiger partial charge >= 0.3 is 0 Å². The number of rotatable bonds is 11. The summed E-state index contributed by atoms with van der Waals surface area (Å²) in [7, 11) is -2.20. The zero-order valence-corrected chi connectivity index (χ0v) is 13.3. The average Bonchev–Trinajstić information content (AvgIpc) is 2.89. The summed E-state index contributed by atoms with van der Waals surface area (Å²) in [6.07, 6.45) is 0.582. The van der Waals surface area contributed by atoms with Gasteiger partial charge < -0.3 is 19.6 Å². The molecule has 3 N–H and O–H groups in total. The van der Waals surface area contributed by atoms with E-state index in [2.05, 4.69) is 10.0 Å². The van der Waals surface area contributed by atoms with Gasteiger partial charge in [0.1, 0.15) is 5.76 Å². The Morgan fingerprint density at radius 3 is 2.81 bits per heavy atom. The van der Waals surface area contributed by atoms with E-state index in [-0.39, 0.29) is 24.7 Å². The molecule has 0 aromatic carbocycles. The van der Waals surface area contributed by atoms with Crippen LogP contribution in [-0.4, -0.2) is 46.4 Å². The van der Waals surface area contributed by atoms with E-state index in [9.17, 15) is 13.5 Å². The molecular formula is C13H24N2O5S. The van der Waals surface area contributed by atoms with E-state index < -0.39 is 16.1 Å². The van der Waals surface area contributed by atoms with Crippen molar-refractivity contribution >= 4 is 10.0 Å². The number of aliphatic hydroxyl groups excluding tert-OH is 1. The van der Waals surface area contributed by atoms with Crippen LogP contribution in [0.1, 0.15) is 25.5 Å². The number of aliphatic hydroxyl groups is 1. The lowest BCUT2D eigenvalue weighted by Crippen LogP contribution is -2.28. The Morgan fingerprint density at radius 1 is 1.38 bits per heavy atom. The van der Waals surface area contributed by atoms with Crippen molar-refractivity contribution in [1.29, 1.82) is 0 Å². The predicted octanol–water partition coefficient (Wildman–Crippen LogP) is 0.455. The first kappa shape index (κ1) is 18.1. The number of ether oxygens (including phenoxy) is 1. The second-order valence-corrected chi connectivity index (χ2v) is 6.39. The minimum atomic E-state index is -3.68. The summed E-state index contributed by atoms with van der Waals surface area (Å²) in [5, 5.41) is 12.5. The molecule has 0 aliphatic rings. The van der Waals surface area contributed by atoms with Crippen LogP contribution < -0.4 is 10.0 Å². The minimum absolute atomic E-state index is 0.114. The van der Waals surface area contributed by atoms with Crippen molar-refractivity contribution in [2.75, 3.05) is 26.8 Å². The van der Waals surface area contributed by atoms with Gasteiger partial charge in [0.05, 0.1) is 19.3 Å². The Labute approximate surface area is 125 Å². The molecule has 0 spiro atoms. The summed E-state index contributed by atoms with van der Waals surface area (Å²) in [5.74, 6) is 0.572. The fraction of sp³-hybridized carbons (Fsp3) is 0.692. The lowest BCUT2D eigenvalue weighted by atomic mass is 10.3. The fourth-order valence-electron chi connectivity index (χ4n) is 1.69. The van der Waals surface area contributed by atoms with Crippen LogP contribution in [0.2, 0.25) is 0 Å². The Bertz CT molecular complexity index is 500. The van der Waals surface area contributed by atoms with E-state index in [0.29, 0.717) is 12.3 Å². The Balaban J connectivity index is 2.46. The molecule has 7 nitrogen and oxygen atoms in total. The van der Waals surface area contributed by atoms with Crippen LogP contribution in [0.4, 0.5) is 0 Å². The van der Waals surface area contributed by atoms with Crippen molar-refractivity contribution in [3.63, 3.8) is 0 Å². The molecule has 0 amide bonds. The summed E-state index contributed by atoms with van der Waals surface area (Å²) >= 11 is 0. The minimum Gasteiger partial charge on any atom is -0.447 e. The van der Waals surface area contributed by atoms with Crippen molar-refractivity contribution in [3.05, 3.63) is 17.9 Å². The molecule has 0 saturated carbocycles. The van der Waals surface area contributed by atoms with Gasteiger partial charge in [-0.2, -0.15) is 0 Å². The van der Waals surface area contributed by atoms with Crippen LogP contribution in [0.15, 0.2) is 21.6 Å². The molecular weight excluding hydrogens is 296 g/mol. The van der Waals surface area contributed by atoms with E-state index >= 15 is 0 Å². The van der Waals surface area contributed by atoms with Crippen LogP contribution in [0.25, 0.3) is 0 Å². The Morgan fingerprint density at radius 2 is 2.14 bits per heavy atom. The molecule has 0 bridgehead atoms. The van der Waals surface area contributed by atoms with Gasteiger partial charge in [0.15, 0.2) is 0 Å². The second kappa shape index (κ2) is 9.16. The van der Waals surface area contributed by atoms with E-state index in [1.807, 2.05) is 6.92 Å². The number of nitrogens with one attached hydrogen (secondary N) is 2. The highest BCUT2D eigenvalue weighted by Gasteiger charge is 2.18. The topological polar surface area (TPSA) is 101 Å². The molecule has 8 heteroatoms. The summed E-state index contributed by atoms with van der Waals surface area (Å²) in [6, 6.07) is 3.06. The smallest absolute Gasteiger partial charge is 0.273 e. The molecule has 0 saturated heterocycles. The van der Waals surface area contributed by atoms with Gasteiger partial charge in [-0.15, -0.1) is 0 Å². The molecule has 21 heavy (non-hydrogen) atoms. The van der Waals surface area contributed by atoms with Gasteiger partial charge in [0, 0.05) is 13.7 Å². The molecule has 1 rings (SSSR count). The maximum atomic E-state index is 12.0. The Hall–Kier alpha value is -0.930. The molecule has 1 unspecified atom stereocenters. The maximum absolute atomic E-state index is 12.0. The van der Waals surface area contributed by atoms with Crippen molar-refractivity contribution < 1.29 is 22.7 Å². The van der Waals surface area contributed by atoms with Crippen LogP contribution >= 0.6 is 0 Å². The van der Waals surface area contributed by atoms with Crippen LogP contribution in [0, 0.1) is 0 Å². The number of furan rings is 1. The van der Waals surface area contributed by atoms with Crippen molar-refractivity contribution in [1.82, 2.24) is 10.0 Å². The molecule has 1 heterocycles. The van der Waals surface area contributed by atoms with E-state index in [1.165, 1.54) is 13.2 Å². The molecule has 1 atom stereocenters. The Kier molecular flexibility index (Phi) is 7.91. The van der Waals surface area contributed by atoms with Gasteiger partial charge in [-0.25, -0.2) is 13.1 Å².